The fourth-order valence-electron chi connectivity index (χ4n) is 2.36. The maximum Gasteiger partial charge on any atom is 0.0208 e. The molecule has 1 aromatic rings. The third kappa shape index (κ3) is 2.83. The Kier molecular flexibility index (Phi) is 3.62. The highest BCUT2D eigenvalue weighted by Crippen LogP contribution is 2.24. The van der Waals surface area contributed by atoms with Crippen molar-refractivity contribution in [1.29, 1.82) is 0 Å². The van der Waals surface area contributed by atoms with Crippen molar-refractivity contribution in [2.45, 2.75) is 39.3 Å². The summed E-state index contributed by atoms with van der Waals surface area (Å²) in [4.78, 5) is 0. The molecule has 0 radical (unpaired) electrons. The molecule has 0 aromatic heterocycles. The van der Waals surface area contributed by atoms with Crippen molar-refractivity contribution in [1.82, 2.24) is 5.32 Å². The summed E-state index contributed by atoms with van der Waals surface area (Å²) in [5.41, 5.74) is 9.91. The number of aryl methyl sites for hydroxylation is 2. The topological polar surface area (TPSA) is 38.0 Å². The normalized spacial score (nSPS) is 24.2. The minimum Gasteiger partial charge on any atom is -0.328 e. The first kappa shape index (κ1) is 11.6. The molecule has 2 heteroatoms. The van der Waals surface area contributed by atoms with E-state index in [0.29, 0.717) is 6.04 Å². The van der Waals surface area contributed by atoms with Crippen LogP contribution in [0.25, 0.3) is 0 Å². The summed E-state index contributed by atoms with van der Waals surface area (Å²) < 4.78 is 0. The number of benzene rings is 1. The molecule has 1 fully saturated rings. The second kappa shape index (κ2) is 4.98. The molecular formula is C14H22N2. The largest absolute Gasteiger partial charge is 0.328 e. The summed E-state index contributed by atoms with van der Waals surface area (Å²) in [7, 11) is 0. The molecule has 1 aliphatic carbocycles. The maximum absolute atomic E-state index is 5.77. The van der Waals surface area contributed by atoms with E-state index >= 15 is 0 Å². The molecule has 0 heterocycles. The quantitative estimate of drug-likeness (QED) is 0.812. The van der Waals surface area contributed by atoms with Gasteiger partial charge in [0.1, 0.15) is 0 Å². The van der Waals surface area contributed by atoms with Gasteiger partial charge in [-0.25, -0.2) is 0 Å². The number of hydrogen-bond acceptors (Lipinski definition) is 2. The molecule has 1 aromatic carbocycles. The van der Waals surface area contributed by atoms with Gasteiger partial charge >= 0.3 is 0 Å². The standard InChI is InChI=1S/C14H22N2/c1-10-3-4-11(2)13(5-10)9-16-8-12-6-14(15)7-12/h3-5,12,14,16H,6-9,15H2,1-2H3. The summed E-state index contributed by atoms with van der Waals surface area (Å²) in [5.74, 6) is 0.806. The molecule has 2 rings (SSSR count). The maximum atomic E-state index is 5.77. The van der Waals surface area contributed by atoms with Crippen LogP contribution in [0.5, 0.6) is 0 Å². The lowest BCUT2D eigenvalue weighted by Crippen LogP contribution is -2.41. The van der Waals surface area contributed by atoms with Crippen molar-refractivity contribution in [2.75, 3.05) is 6.54 Å². The van der Waals surface area contributed by atoms with E-state index in [4.69, 9.17) is 5.73 Å². The van der Waals surface area contributed by atoms with E-state index in [2.05, 4.69) is 37.4 Å². The van der Waals surface area contributed by atoms with Gasteiger partial charge in [-0.3, -0.25) is 0 Å². The second-order valence-electron chi connectivity index (χ2n) is 5.16. The van der Waals surface area contributed by atoms with Crippen LogP contribution in [0.1, 0.15) is 29.5 Å². The average molecular weight is 218 g/mol. The van der Waals surface area contributed by atoms with Gasteiger partial charge in [-0.1, -0.05) is 23.8 Å². The van der Waals surface area contributed by atoms with Gasteiger partial charge in [-0.15, -0.1) is 0 Å². The molecule has 0 amide bonds. The Labute approximate surface area is 98.2 Å². The molecule has 0 bridgehead atoms. The summed E-state index contributed by atoms with van der Waals surface area (Å²) in [6.07, 6.45) is 2.39. The highest BCUT2D eigenvalue weighted by molar-refractivity contribution is 5.30. The van der Waals surface area contributed by atoms with Gasteiger partial charge in [0.2, 0.25) is 0 Å². The molecule has 0 aliphatic heterocycles. The van der Waals surface area contributed by atoms with Crippen LogP contribution in [-0.4, -0.2) is 12.6 Å². The predicted molar refractivity (Wildman–Crippen MR) is 68.3 cm³/mol. The minimum atomic E-state index is 0.465. The minimum absolute atomic E-state index is 0.465. The van der Waals surface area contributed by atoms with Crippen LogP contribution in [0.2, 0.25) is 0 Å². The van der Waals surface area contributed by atoms with Gasteiger partial charge in [0.15, 0.2) is 0 Å². The van der Waals surface area contributed by atoms with Crippen LogP contribution in [-0.2, 0) is 6.54 Å². The van der Waals surface area contributed by atoms with Gasteiger partial charge in [0.25, 0.3) is 0 Å². The van der Waals surface area contributed by atoms with Crippen molar-refractivity contribution < 1.29 is 0 Å². The fraction of sp³-hybridized carbons (Fsp3) is 0.571. The smallest absolute Gasteiger partial charge is 0.0208 e. The van der Waals surface area contributed by atoms with Gasteiger partial charge in [0, 0.05) is 12.6 Å². The summed E-state index contributed by atoms with van der Waals surface area (Å²) in [6, 6.07) is 7.11. The summed E-state index contributed by atoms with van der Waals surface area (Å²) in [5, 5.41) is 3.54. The summed E-state index contributed by atoms with van der Waals surface area (Å²) >= 11 is 0. The molecule has 0 spiro atoms. The van der Waals surface area contributed by atoms with E-state index in [1.807, 2.05) is 0 Å². The van der Waals surface area contributed by atoms with Crippen LogP contribution in [0.4, 0.5) is 0 Å². The number of nitrogens with one attached hydrogen (secondary N) is 1. The zero-order valence-electron chi connectivity index (χ0n) is 10.3. The van der Waals surface area contributed by atoms with Gasteiger partial charge in [0.05, 0.1) is 0 Å². The number of rotatable bonds is 4. The van der Waals surface area contributed by atoms with Crippen LogP contribution in [0, 0.1) is 19.8 Å². The molecule has 0 saturated heterocycles. The first-order chi connectivity index (χ1) is 7.65. The van der Waals surface area contributed by atoms with Gasteiger partial charge in [-0.05, 0) is 50.3 Å². The molecule has 88 valence electrons. The molecule has 3 N–H and O–H groups in total. The average Bonchev–Trinajstić information content (AvgIpc) is 2.20. The lowest BCUT2D eigenvalue weighted by molar-refractivity contribution is 0.256. The van der Waals surface area contributed by atoms with E-state index in [9.17, 15) is 0 Å². The molecule has 16 heavy (non-hydrogen) atoms. The second-order valence-corrected chi connectivity index (χ2v) is 5.16. The van der Waals surface area contributed by atoms with Gasteiger partial charge in [-0.2, -0.15) is 0 Å². The monoisotopic (exact) mass is 218 g/mol. The molecule has 2 nitrogen and oxygen atoms in total. The Morgan fingerprint density at radius 1 is 1.31 bits per heavy atom. The first-order valence-corrected chi connectivity index (χ1v) is 6.17. The zero-order chi connectivity index (χ0) is 11.5. The fourth-order valence-corrected chi connectivity index (χ4v) is 2.36. The van der Waals surface area contributed by atoms with E-state index < -0.39 is 0 Å². The van der Waals surface area contributed by atoms with E-state index in [0.717, 1.165) is 19.0 Å². The van der Waals surface area contributed by atoms with Crippen LogP contribution < -0.4 is 11.1 Å². The third-order valence-electron chi connectivity index (χ3n) is 3.53. The zero-order valence-corrected chi connectivity index (χ0v) is 10.3. The Bertz CT molecular complexity index is 354. The highest BCUT2D eigenvalue weighted by Gasteiger charge is 2.24. The molecular weight excluding hydrogens is 196 g/mol. The van der Waals surface area contributed by atoms with Crippen LogP contribution in [0.3, 0.4) is 0 Å². The lowest BCUT2D eigenvalue weighted by atomic mass is 9.81. The van der Waals surface area contributed by atoms with E-state index in [1.165, 1.54) is 29.5 Å². The van der Waals surface area contributed by atoms with E-state index in [-0.39, 0.29) is 0 Å². The Hall–Kier alpha value is -0.860. The van der Waals surface area contributed by atoms with Crippen molar-refractivity contribution >= 4 is 0 Å². The Balaban J connectivity index is 1.78. The Morgan fingerprint density at radius 3 is 2.75 bits per heavy atom. The van der Waals surface area contributed by atoms with Crippen molar-refractivity contribution in [2.24, 2.45) is 11.7 Å². The van der Waals surface area contributed by atoms with Crippen molar-refractivity contribution in [3.8, 4) is 0 Å². The van der Waals surface area contributed by atoms with Crippen LogP contribution >= 0.6 is 0 Å². The van der Waals surface area contributed by atoms with Crippen molar-refractivity contribution in [3.63, 3.8) is 0 Å². The van der Waals surface area contributed by atoms with Crippen LogP contribution in [0.15, 0.2) is 18.2 Å². The predicted octanol–water partition coefficient (Wildman–Crippen LogP) is 2.13. The van der Waals surface area contributed by atoms with Crippen molar-refractivity contribution in [3.05, 3.63) is 34.9 Å². The molecule has 0 atom stereocenters. The Morgan fingerprint density at radius 2 is 2.06 bits per heavy atom. The number of hydrogen-bond donors (Lipinski definition) is 2. The van der Waals surface area contributed by atoms with E-state index in [1.54, 1.807) is 0 Å². The summed E-state index contributed by atoms with van der Waals surface area (Å²) in [6.45, 7) is 6.42. The molecule has 0 unspecified atom stereocenters. The molecule has 1 saturated carbocycles. The molecule has 1 aliphatic rings. The SMILES string of the molecule is Cc1ccc(C)c(CNCC2CC(N)C2)c1. The lowest BCUT2D eigenvalue weighted by Gasteiger charge is -2.32. The highest BCUT2D eigenvalue weighted by atomic mass is 14.9. The third-order valence-corrected chi connectivity index (χ3v) is 3.53. The number of nitrogens with two attached hydrogens (primary N) is 1. The first-order valence-electron chi connectivity index (χ1n) is 6.17. The van der Waals surface area contributed by atoms with Gasteiger partial charge < -0.3 is 11.1 Å².